The van der Waals surface area contributed by atoms with E-state index in [1.165, 1.54) is 0 Å². The quantitative estimate of drug-likeness (QED) is 0.669. The van der Waals surface area contributed by atoms with Crippen molar-refractivity contribution in [3.05, 3.63) is 12.2 Å². The Labute approximate surface area is 78.7 Å². The van der Waals surface area contributed by atoms with Gasteiger partial charge in [0.1, 0.15) is 6.10 Å². The highest BCUT2D eigenvalue weighted by molar-refractivity contribution is 5.94. The standard InChI is InChI=1S/C10H16O3/c1-4-5-9-8(11)6-7-10(2,12-3)13-9/h6-7,9H,4-5H2,1-3H3. The minimum absolute atomic E-state index is 0.0383. The van der Waals surface area contributed by atoms with E-state index in [2.05, 4.69) is 0 Å². The molecule has 0 radical (unpaired) electrons. The molecule has 0 aliphatic carbocycles. The second-order valence-corrected chi connectivity index (χ2v) is 3.35. The van der Waals surface area contributed by atoms with Crippen molar-refractivity contribution in [3.8, 4) is 0 Å². The monoisotopic (exact) mass is 184 g/mol. The average molecular weight is 184 g/mol. The normalized spacial score (nSPS) is 33.8. The van der Waals surface area contributed by atoms with Crippen LogP contribution in [0.4, 0.5) is 0 Å². The Morgan fingerprint density at radius 3 is 2.92 bits per heavy atom. The summed E-state index contributed by atoms with van der Waals surface area (Å²) in [6.45, 7) is 3.83. The molecule has 0 amide bonds. The van der Waals surface area contributed by atoms with Crippen molar-refractivity contribution in [1.82, 2.24) is 0 Å². The van der Waals surface area contributed by atoms with E-state index in [-0.39, 0.29) is 11.9 Å². The number of ether oxygens (including phenoxy) is 2. The molecule has 0 saturated carbocycles. The third-order valence-corrected chi connectivity index (χ3v) is 2.20. The fourth-order valence-electron chi connectivity index (χ4n) is 1.30. The van der Waals surface area contributed by atoms with Crippen molar-refractivity contribution >= 4 is 5.78 Å². The Bertz CT molecular complexity index is 222. The molecule has 0 aromatic rings. The van der Waals surface area contributed by atoms with Crippen molar-refractivity contribution in [1.29, 1.82) is 0 Å². The van der Waals surface area contributed by atoms with Crippen LogP contribution in [-0.2, 0) is 14.3 Å². The van der Waals surface area contributed by atoms with E-state index < -0.39 is 5.79 Å². The molecule has 13 heavy (non-hydrogen) atoms. The van der Waals surface area contributed by atoms with Crippen molar-refractivity contribution in [2.24, 2.45) is 0 Å². The van der Waals surface area contributed by atoms with Crippen molar-refractivity contribution in [2.45, 2.75) is 38.6 Å². The van der Waals surface area contributed by atoms with E-state index in [4.69, 9.17) is 9.47 Å². The predicted molar refractivity (Wildman–Crippen MR) is 49.3 cm³/mol. The number of carbonyl (C=O) groups is 1. The Kier molecular flexibility index (Phi) is 3.22. The van der Waals surface area contributed by atoms with E-state index in [0.717, 1.165) is 12.8 Å². The van der Waals surface area contributed by atoms with Crippen LogP contribution in [0.1, 0.15) is 26.7 Å². The molecule has 0 aromatic carbocycles. The van der Waals surface area contributed by atoms with E-state index in [0.29, 0.717) is 0 Å². The average Bonchev–Trinajstić information content (AvgIpc) is 2.12. The van der Waals surface area contributed by atoms with E-state index in [1.807, 2.05) is 6.92 Å². The maximum atomic E-state index is 11.3. The largest absolute Gasteiger partial charge is 0.350 e. The zero-order chi connectivity index (χ0) is 9.90. The maximum absolute atomic E-state index is 11.3. The van der Waals surface area contributed by atoms with Crippen LogP contribution in [0.3, 0.4) is 0 Å². The molecule has 0 aromatic heterocycles. The van der Waals surface area contributed by atoms with Gasteiger partial charge in [0.05, 0.1) is 0 Å². The van der Waals surface area contributed by atoms with Crippen molar-refractivity contribution in [3.63, 3.8) is 0 Å². The van der Waals surface area contributed by atoms with E-state index in [1.54, 1.807) is 26.2 Å². The van der Waals surface area contributed by atoms with Crippen LogP contribution < -0.4 is 0 Å². The summed E-state index contributed by atoms with van der Waals surface area (Å²) in [6, 6.07) is 0. The smallest absolute Gasteiger partial charge is 0.185 e. The predicted octanol–water partition coefficient (Wildman–Crippen LogP) is 1.67. The summed E-state index contributed by atoms with van der Waals surface area (Å²) in [5.41, 5.74) is 0. The highest BCUT2D eigenvalue weighted by Gasteiger charge is 2.32. The van der Waals surface area contributed by atoms with Crippen LogP contribution in [0.2, 0.25) is 0 Å². The van der Waals surface area contributed by atoms with Gasteiger partial charge >= 0.3 is 0 Å². The lowest BCUT2D eigenvalue weighted by Gasteiger charge is -2.32. The minimum atomic E-state index is -0.728. The Balaban J connectivity index is 2.70. The molecule has 3 nitrogen and oxygen atoms in total. The Morgan fingerprint density at radius 2 is 2.38 bits per heavy atom. The molecule has 2 unspecified atom stereocenters. The number of hydrogen-bond donors (Lipinski definition) is 0. The zero-order valence-corrected chi connectivity index (χ0v) is 8.37. The number of ketones is 1. The van der Waals surface area contributed by atoms with Crippen LogP contribution in [0.15, 0.2) is 12.2 Å². The molecule has 1 heterocycles. The van der Waals surface area contributed by atoms with E-state index in [9.17, 15) is 4.79 Å². The number of hydrogen-bond acceptors (Lipinski definition) is 3. The number of carbonyl (C=O) groups excluding carboxylic acids is 1. The topological polar surface area (TPSA) is 35.5 Å². The van der Waals surface area contributed by atoms with Crippen molar-refractivity contribution in [2.75, 3.05) is 7.11 Å². The summed E-state index contributed by atoms with van der Waals surface area (Å²) in [7, 11) is 1.57. The van der Waals surface area contributed by atoms with Crippen LogP contribution in [-0.4, -0.2) is 24.8 Å². The molecule has 2 atom stereocenters. The third kappa shape index (κ3) is 2.39. The first kappa shape index (κ1) is 10.4. The summed E-state index contributed by atoms with van der Waals surface area (Å²) in [5, 5.41) is 0. The van der Waals surface area contributed by atoms with Gasteiger partial charge in [-0.1, -0.05) is 13.3 Å². The maximum Gasteiger partial charge on any atom is 0.185 e. The van der Waals surface area contributed by atoms with Crippen molar-refractivity contribution < 1.29 is 14.3 Å². The Morgan fingerprint density at radius 1 is 1.69 bits per heavy atom. The summed E-state index contributed by atoms with van der Waals surface area (Å²) in [5.74, 6) is -0.690. The highest BCUT2D eigenvalue weighted by Crippen LogP contribution is 2.23. The molecule has 1 aliphatic rings. The molecule has 0 spiro atoms. The van der Waals surface area contributed by atoms with E-state index >= 15 is 0 Å². The summed E-state index contributed by atoms with van der Waals surface area (Å²) in [4.78, 5) is 11.3. The molecule has 1 rings (SSSR count). The lowest BCUT2D eigenvalue weighted by atomic mass is 10.1. The van der Waals surface area contributed by atoms with Gasteiger partial charge in [-0.15, -0.1) is 0 Å². The van der Waals surface area contributed by atoms with Gasteiger partial charge in [-0.3, -0.25) is 4.79 Å². The highest BCUT2D eigenvalue weighted by atomic mass is 16.7. The molecular weight excluding hydrogens is 168 g/mol. The Hall–Kier alpha value is -0.670. The zero-order valence-electron chi connectivity index (χ0n) is 8.37. The van der Waals surface area contributed by atoms with Crippen LogP contribution in [0, 0.1) is 0 Å². The van der Waals surface area contributed by atoms with Crippen LogP contribution >= 0.6 is 0 Å². The van der Waals surface area contributed by atoms with Crippen LogP contribution in [0.5, 0.6) is 0 Å². The van der Waals surface area contributed by atoms with Gasteiger partial charge in [-0.2, -0.15) is 0 Å². The number of rotatable bonds is 3. The molecule has 0 saturated heterocycles. The lowest BCUT2D eigenvalue weighted by molar-refractivity contribution is -0.208. The minimum Gasteiger partial charge on any atom is -0.350 e. The van der Waals surface area contributed by atoms with Crippen LogP contribution in [0.25, 0.3) is 0 Å². The van der Waals surface area contributed by atoms with Gasteiger partial charge in [0.2, 0.25) is 0 Å². The first-order valence-electron chi connectivity index (χ1n) is 4.57. The summed E-state index contributed by atoms with van der Waals surface area (Å²) in [6.07, 6.45) is 4.56. The lowest BCUT2D eigenvalue weighted by Crippen LogP contribution is -2.40. The molecule has 0 fully saturated rings. The van der Waals surface area contributed by atoms with Gasteiger partial charge in [0.15, 0.2) is 11.6 Å². The summed E-state index contributed by atoms with van der Waals surface area (Å²) >= 11 is 0. The first-order chi connectivity index (χ1) is 6.11. The molecule has 3 heteroatoms. The molecule has 1 aliphatic heterocycles. The molecular formula is C10H16O3. The number of methoxy groups -OCH3 is 1. The summed E-state index contributed by atoms with van der Waals surface area (Å²) < 4.78 is 10.7. The second kappa shape index (κ2) is 4.03. The molecule has 0 bridgehead atoms. The van der Waals surface area contributed by atoms with Gasteiger partial charge in [0, 0.05) is 7.11 Å². The molecule has 0 N–H and O–H groups in total. The molecule has 74 valence electrons. The first-order valence-corrected chi connectivity index (χ1v) is 4.57. The van der Waals surface area contributed by atoms with Gasteiger partial charge < -0.3 is 9.47 Å². The second-order valence-electron chi connectivity index (χ2n) is 3.35. The van der Waals surface area contributed by atoms with Gasteiger partial charge in [-0.25, -0.2) is 0 Å². The third-order valence-electron chi connectivity index (χ3n) is 2.20. The van der Waals surface area contributed by atoms with Gasteiger partial charge in [-0.05, 0) is 25.5 Å². The SMILES string of the molecule is CCCC1OC(C)(OC)C=CC1=O. The fraction of sp³-hybridized carbons (Fsp3) is 0.700. The van der Waals surface area contributed by atoms with Gasteiger partial charge in [0.25, 0.3) is 0 Å². The fourth-order valence-corrected chi connectivity index (χ4v) is 1.30.